The highest BCUT2D eigenvalue weighted by atomic mass is 79.9. The van der Waals surface area contributed by atoms with Crippen molar-refractivity contribution in [1.82, 2.24) is 10.3 Å². The quantitative estimate of drug-likeness (QED) is 0.712. The maximum Gasteiger partial charge on any atom is 0.227 e. The van der Waals surface area contributed by atoms with E-state index < -0.39 is 0 Å². The van der Waals surface area contributed by atoms with E-state index in [-0.39, 0.29) is 0 Å². The van der Waals surface area contributed by atoms with Gasteiger partial charge in [0.1, 0.15) is 6.26 Å². The van der Waals surface area contributed by atoms with E-state index in [2.05, 4.69) is 50.5 Å². The summed E-state index contributed by atoms with van der Waals surface area (Å²) in [5.74, 6) is 0.654. The van der Waals surface area contributed by atoms with Gasteiger partial charge in [-0.05, 0) is 52.0 Å². The number of aromatic nitrogens is 1. The Morgan fingerprint density at radius 3 is 2.87 bits per heavy atom. The van der Waals surface area contributed by atoms with Gasteiger partial charge in [-0.2, -0.15) is 0 Å². The second-order valence-corrected chi connectivity index (χ2v) is 6.65. The zero-order valence-corrected chi connectivity index (χ0v) is 14.2. The molecule has 0 radical (unpaired) electrons. The summed E-state index contributed by atoms with van der Waals surface area (Å²) in [5, 5.41) is 3.60. The molecule has 1 unspecified atom stereocenters. The molecule has 1 aromatic heterocycles. The zero-order valence-electron chi connectivity index (χ0n) is 12.6. The van der Waals surface area contributed by atoms with Crippen LogP contribution in [0.25, 0.3) is 11.5 Å². The van der Waals surface area contributed by atoms with Crippen molar-refractivity contribution in [3.63, 3.8) is 0 Å². The molecule has 0 amide bonds. The molecule has 0 fully saturated rings. The Morgan fingerprint density at radius 1 is 1.13 bits per heavy atom. The Kier molecular flexibility index (Phi) is 4.02. The van der Waals surface area contributed by atoms with Gasteiger partial charge in [-0.25, -0.2) is 4.98 Å². The highest BCUT2D eigenvalue weighted by Gasteiger charge is 2.21. The first-order valence-corrected chi connectivity index (χ1v) is 8.61. The molecule has 1 heterocycles. The number of fused-ring (bicyclic) bond motifs is 1. The van der Waals surface area contributed by atoms with E-state index in [1.807, 2.05) is 24.3 Å². The summed E-state index contributed by atoms with van der Waals surface area (Å²) in [6.45, 7) is 0.715. The summed E-state index contributed by atoms with van der Waals surface area (Å²) < 4.78 is 6.63. The number of hydrogen-bond acceptors (Lipinski definition) is 3. The Morgan fingerprint density at radius 2 is 1.96 bits per heavy atom. The molecule has 1 aliphatic carbocycles. The third-order valence-corrected chi connectivity index (χ3v) is 5.01. The Bertz CT molecular complexity index is 827. The molecule has 23 heavy (non-hydrogen) atoms. The van der Waals surface area contributed by atoms with Crippen LogP contribution in [0.2, 0.25) is 0 Å². The Labute approximate surface area is 143 Å². The van der Waals surface area contributed by atoms with Crippen LogP contribution in [-0.2, 0) is 13.0 Å². The summed E-state index contributed by atoms with van der Waals surface area (Å²) in [4.78, 5) is 4.60. The van der Waals surface area contributed by atoms with Crippen LogP contribution < -0.4 is 5.32 Å². The van der Waals surface area contributed by atoms with Crippen LogP contribution in [0, 0.1) is 0 Å². The van der Waals surface area contributed by atoms with Crippen molar-refractivity contribution in [1.29, 1.82) is 0 Å². The molecular weight excluding hydrogens is 352 g/mol. The maximum atomic E-state index is 5.64. The summed E-state index contributed by atoms with van der Waals surface area (Å²) in [7, 11) is 0. The van der Waals surface area contributed by atoms with Gasteiger partial charge < -0.3 is 9.73 Å². The lowest BCUT2D eigenvalue weighted by atomic mass is 10.1. The molecule has 3 nitrogen and oxygen atoms in total. The van der Waals surface area contributed by atoms with Gasteiger partial charge in [0.15, 0.2) is 0 Å². The molecule has 0 saturated heterocycles. The SMILES string of the molecule is Brc1ccccc1-c1nc(CNC2CCc3ccccc32)co1. The van der Waals surface area contributed by atoms with E-state index >= 15 is 0 Å². The first-order valence-electron chi connectivity index (χ1n) is 7.82. The summed E-state index contributed by atoms with van der Waals surface area (Å²) in [6, 6.07) is 17.0. The van der Waals surface area contributed by atoms with Crippen molar-refractivity contribution in [2.24, 2.45) is 0 Å². The van der Waals surface area contributed by atoms with Gasteiger partial charge in [0.2, 0.25) is 5.89 Å². The number of nitrogens with one attached hydrogen (secondary N) is 1. The maximum absolute atomic E-state index is 5.64. The normalized spacial score (nSPS) is 16.5. The lowest BCUT2D eigenvalue weighted by Crippen LogP contribution is -2.18. The number of benzene rings is 2. The van der Waals surface area contributed by atoms with E-state index in [9.17, 15) is 0 Å². The highest BCUT2D eigenvalue weighted by molar-refractivity contribution is 9.10. The lowest BCUT2D eigenvalue weighted by molar-refractivity contribution is 0.521. The lowest BCUT2D eigenvalue weighted by Gasteiger charge is -2.12. The predicted octanol–water partition coefficient (Wildman–Crippen LogP) is 4.88. The topological polar surface area (TPSA) is 38.1 Å². The van der Waals surface area contributed by atoms with Crippen molar-refractivity contribution in [3.8, 4) is 11.5 Å². The largest absolute Gasteiger partial charge is 0.444 e. The molecule has 1 atom stereocenters. The molecule has 1 N–H and O–H groups in total. The smallest absolute Gasteiger partial charge is 0.227 e. The van der Waals surface area contributed by atoms with Crippen molar-refractivity contribution in [2.75, 3.05) is 0 Å². The predicted molar refractivity (Wildman–Crippen MR) is 94.0 cm³/mol. The van der Waals surface area contributed by atoms with Crippen molar-refractivity contribution < 1.29 is 4.42 Å². The first-order chi connectivity index (χ1) is 11.3. The summed E-state index contributed by atoms with van der Waals surface area (Å²) in [5.41, 5.74) is 4.78. The fourth-order valence-corrected chi connectivity index (χ4v) is 3.60. The van der Waals surface area contributed by atoms with Gasteiger partial charge in [0.25, 0.3) is 0 Å². The highest BCUT2D eigenvalue weighted by Crippen LogP contribution is 2.31. The minimum absolute atomic E-state index is 0.412. The number of rotatable bonds is 4. The van der Waals surface area contributed by atoms with Crippen LogP contribution >= 0.6 is 15.9 Å². The molecule has 0 saturated carbocycles. The number of oxazole rings is 1. The average Bonchev–Trinajstić information content (AvgIpc) is 3.20. The molecule has 0 spiro atoms. The van der Waals surface area contributed by atoms with Gasteiger partial charge in [-0.1, -0.05) is 36.4 Å². The summed E-state index contributed by atoms with van der Waals surface area (Å²) >= 11 is 3.54. The third kappa shape index (κ3) is 2.96. The third-order valence-electron chi connectivity index (χ3n) is 4.32. The van der Waals surface area contributed by atoms with Gasteiger partial charge in [0, 0.05) is 17.1 Å². The van der Waals surface area contributed by atoms with Crippen molar-refractivity contribution in [3.05, 3.63) is 76.1 Å². The van der Waals surface area contributed by atoms with Crippen LogP contribution in [0.15, 0.2) is 63.7 Å². The van der Waals surface area contributed by atoms with Crippen LogP contribution in [-0.4, -0.2) is 4.98 Å². The number of nitrogens with zero attached hydrogens (tertiary/aromatic N) is 1. The second-order valence-electron chi connectivity index (χ2n) is 5.79. The zero-order chi connectivity index (χ0) is 15.6. The molecular formula is C19H17BrN2O. The minimum Gasteiger partial charge on any atom is -0.444 e. The molecule has 1 aliphatic rings. The molecule has 0 bridgehead atoms. The standard InChI is InChI=1S/C19H17BrN2O/c20-17-8-4-3-7-16(17)19-22-14(12-23-19)11-21-18-10-9-13-5-1-2-6-15(13)18/h1-8,12,18,21H,9-11H2. The molecule has 4 heteroatoms. The Hall–Kier alpha value is -1.91. The molecule has 0 aliphatic heterocycles. The van der Waals surface area contributed by atoms with Crippen LogP contribution in [0.5, 0.6) is 0 Å². The van der Waals surface area contributed by atoms with Gasteiger partial charge in [-0.3, -0.25) is 0 Å². The van der Waals surface area contributed by atoms with E-state index in [0.717, 1.165) is 28.6 Å². The molecule has 3 aromatic rings. The van der Waals surface area contributed by atoms with E-state index in [4.69, 9.17) is 4.42 Å². The van der Waals surface area contributed by atoms with Crippen LogP contribution in [0.3, 0.4) is 0 Å². The number of aryl methyl sites for hydroxylation is 1. The minimum atomic E-state index is 0.412. The van der Waals surface area contributed by atoms with E-state index in [1.54, 1.807) is 6.26 Å². The fraction of sp³-hybridized carbons (Fsp3) is 0.211. The van der Waals surface area contributed by atoms with E-state index in [1.165, 1.54) is 11.1 Å². The fourth-order valence-electron chi connectivity index (χ4n) is 3.14. The van der Waals surface area contributed by atoms with Crippen LogP contribution in [0.1, 0.15) is 29.3 Å². The average molecular weight is 369 g/mol. The van der Waals surface area contributed by atoms with Crippen molar-refractivity contribution in [2.45, 2.75) is 25.4 Å². The van der Waals surface area contributed by atoms with Crippen LogP contribution in [0.4, 0.5) is 0 Å². The van der Waals surface area contributed by atoms with Crippen molar-refractivity contribution >= 4 is 15.9 Å². The van der Waals surface area contributed by atoms with E-state index in [0.29, 0.717) is 18.5 Å². The second kappa shape index (κ2) is 6.30. The first kappa shape index (κ1) is 14.7. The summed E-state index contributed by atoms with van der Waals surface area (Å²) in [6.07, 6.45) is 4.03. The Balaban J connectivity index is 1.46. The van der Waals surface area contributed by atoms with Gasteiger partial charge >= 0.3 is 0 Å². The monoisotopic (exact) mass is 368 g/mol. The van der Waals surface area contributed by atoms with Gasteiger partial charge in [-0.15, -0.1) is 0 Å². The molecule has 2 aromatic carbocycles. The molecule has 116 valence electrons. The number of hydrogen-bond donors (Lipinski definition) is 1. The molecule has 4 rings (SSSR count). The number of halogens is 1. The van der Waals surface area contributed by atoms with Gasteiger partial charge in [0.05, 0.1) is 11.3 Å².